The minimum absolute atomic E-state index is 0.110. The molecule has 1 atom stereocenters. The summed E-state index contributed by atoms with van der Waals surface area (Å²) in [5.41, 5.74) is 1.33. The molecule has 1 amide bonds. The van der Waals surface area contributed by atoms with E-state index in [1.54, 1.807) is 30.3 Å². The van der Waals surface area contributed by atoms with Gasteiger partial charge in [-0.3, -0.25) is 9.69 Å². The van der Waals surface area contributed by atoms with Crippen LogP contribution in [-0.2, 0) is 11.3 Å². The van der Waals surface area contributed by atoms with Crippen molar-refractivity contribution in [3.8, 4) is 5.75 Å². The van der Waals surface area contributed by atoms with Gasteiger partial charge in [0.25, 0.3) is 0 Å². The Kier molecular flexibility index (Phi) is 8.34. The molecule has 0 aromatic heterocycles. The van der Waals surface area contributed by atoms with E-state index in [0.29, 0.717) is 24.5 Å². The molecule has 3 N–H and O–H groups in total. The number of aliphatic hydroxyl groups excluding tert-OH is 1. The standard InChI is InChI=1S/C23H29F2N3O3/c1-16(29)27-22-4-2-3-5-23(22)31-15-19(30)13-26-18-8-10-28(11-9-18)14-17-6-7-20(24)21(25)12-17/h2-7,12,18-19,26,30H,8-11,13-15H2,1H3,(H,27,29). The number of piperidine rings is 1. The summed E-state index contributed by atoms with van der Waals surface area (Å²) in [5, 5.41) is 16.3. The van der Waals surface area contributed by atoms with E-state index in [1.807, 2.05) is 0 Å². The molecule has 1 aliphatic rings. The first-order chi connectivity index (χ1) is 14.9. The van der Waals surface area contributed by atoms with Gasteiger partial charge in [0.15, 0.2) is 11.6 Å². The number of amides is 1. The Hall–Kier alpha value is -2.55. The quantitative estimate of drug-likeness (QED) is 0.567. The van der Waals surface area contributed by atoms with Gasteiger partial charge in [-0.2, -0.15) is 0 Å². The average molecular weight is 433 g/mol. The Balaban J connectivity index is 1.37. The van der Waals surface area contributed by atoms with Crippen LogP contribution in [0.3, 0.4) is 0 Å². The SMILES string of the molecule is CC(=O)Nc1ccccc1OCC(O)CNC1CCN(Cc2ccc(F)c(F)c2)CC1. The lowest BCUT2D eigenvalue weighted by atomic mass is 10.0. The van der Waals surface area contributed by atoms with E-state index >= 15 is 0 Å². The predicted octanol–water partition coefficient (Wildman–Crippen LogP) is 2.92. The van der Waals surface area contributed by atoms with Crippen molar-refractivity contribution in [1.82, 2.24) is 10.2 Å². The number of benzene rings is 2. The van der Waals surface area contributed by atoms with Gasteiger partial charge >= 0.3 is 0 Å². The number of ether oxygens (including phenoxy) is 1. The number of nitrogens with zero attached hydrogens (tertiary/aromatic N) is 1. The molecule has 0 spiro atoms. The van der Waals surface area contributed by atoms with Gasteiger partial charge in [-0.05, 0) is 55.8 Å². The molecule has 0 saturated carbocycles. The summed E-state index contributed by atoms with van der Waals surface area (Å²) in [6.45, 7) is 4.21. The molecular formula is C23H29F2N3O3. The highest BCUT2D eigenvalue weighted by atomic mass is 19.2. The van der Waals surface area contributed by atoms with E-state index in [0.717, 1.165) is 37.6 Å². The van der Waals surface area contributed by atoms with Crippen LogP contribution in [0.4, 0.5) is 14.5 Å². The maximum absolute atomic E-state index is 13.4. The first-order valence-electron chi connectivity index (χ1n) is 10.5. The molecule has 3 rings (SSSR count). The van der Waals surface area contributed by atoms with E-state index in [9.17, 15) is 18.7 Å². The maximum Gasteiger partial charge on any atom is 0.221 e. The van der Waals surface area contributed by atoms with Crippen LogP contribution in [0, 0.1) is 11.6 Å². The van der Waals surface area contributed by atoms with Crippen molar-refractivity contribution in [3.63, 3.8) is 0 Å². The summed E-state index contributed by atoms with van der Waals surface area (Å²) in [5.74, 6) is -1.31. The van der Waals surface area contributed by atoms with Gasteiger partial charge in [-0.15, -0.1) is 0 Å². The topological polar surface area (TPSA) is 73.8 Å². The van der Waals surface area contributed by atoms with E-state index in [1.165, 1.54) is 13.0 Å². The fourth-order valence-electron chi connectivity index (χ4n) is 3.62. The molecule has 1 heterocycles. The number of aliphatic hydroxyl groups is 1. The minimum atomic E-state index is -0.826. The highest BCUT2D eigenvalue weighted by molar-refractivity contribution is 5.90. The van der Waals surface area contributed by atoms with Gasteiger partial charge in [0.05, 0.1) is 5.69 Å². The summed E-state index contributed by atoms with van der Waals surface area (Å²) in [6, 6.07) is 11.4. The molecule has 2 aromatic rings. The number of halogens is 2. The van der Waals surface area contributed by atoms with Crippen molar-refractivity contribution in [2.45, 2.75) is 38.5 Å². The van der Waals surface area contributed by atoms with Crippen molar-refractivity contribution in [2.75, 3.05) is 31.6 Å². The van der Waals surface area contributed by atoms with Crippen molar-refractivity contribution >= 4 is 11.6 Å². The lowest BCUT2D eigenvalue weighted by Gasteiger charge is -2.33. The first kappa shape index (κ1) is 23.1. The van der Waals surface area contributed by atoms with Gasteiger partial charge in [0.1, 0.15) is 18.5 Å². The Morgan fingerprint density at radius 2 is 1.94 bits per heavy atom. The zero-order chi connectivity index (χ0) is 22.2. The summed E-state index contributed by atoms with van der Waals surface area (Å²) in [7, 11) is 0. The molecule has 1 unspecified atom stereocenters. The van der Waals surface area contributed by atoms with Crippen LogP contribution < -0.4 is 15.4 Å². The molecule has 1 saturated heterocycles. The molecule has 168 valence electrons. The predicted molar refractivity (Wildman–Crippen MR) is 115 cm³/mol. The molecule has 1 fully saturated rings. The Morgan fingerprint density at radius 1 is 1.19 bits per heavy atom. The third kappa shape index (κ3) is 7.27. The smallest absolute Gasteiger partial charge is 0.221 e. The Labute approximate surface area is 181 Å². The van der Waals surface area contributed by atoms with Crippen LogP contribution in [0.1, 0.15) is 25.3 Å². The number of likely N-dealkylation sites (tertiary alicyclic amines) is 1. The Morgan fingerprint density at radius 3 is 2.65 bits per heavy atom. The third-order valence-corrected chi connectivity index (χ3v) is 5.25. The van der Waals surface area contributed by atoms with Crippen molar-refractivity contribution in [1.29, 1.82) is 0 Å². The number of hydrogen-bond donors (Lipinski definition) is 3. The number of anilines is 1. The lowest BCUT2D eigenvalue weighted by Crippen LogP contribution is -2.45. The lowest BCUT2D eigenvalue weighted by molar-refractivity contribution is -0.114. The summed E-state index contributed by atoms with van der Waals surface area (Å²) >= 11 is 0. The van der Waals surface area contributed by atoms with Crippen LogP contribution >= 0.6 is 0 Å². The second-order valence-corrected chi connectivity index (χ2v) is 7.85. The van der Waals surface area contributed by atoms with Crippen LogP contribution in [-0.4, -0.2) is 54.3 Å². The monoisotopic (exact) mass is 433 g/mol. The largest absolute Gasteiger partial charge is 0.489 e. The van der Waals surface area contributed by atoms with E-state index in [-0.39, 0.29) is 18.6 Å². The van der Waals surface area contributed by atoms with E-state index in [2.05, 4.69) is 15.5 Å². The number of rotatable bonds is 9. The molecule has 31 heavy (non-hydrogen) atoms. The molecular weight excluding hydrogens is 404 g/mol. The molecule has 8 heteroatoms. The van der Waals surface area contributed by atoms with Crippen molar-refractivity contribution in [2.24, 2.45) is 0 Å². The van der Waals surface area contributed by atoms with Crippen molar-refractivity contribution < 1.29 is 23.4 Å². The molecule has 0 bridgehead atoms. The highest BCUT2D eigenvalue weighted by Gasteiger charge is 2.20. The second-order valence-electron chi connectivity index (χ2n) is 7.85. The number of para-hydroxylation sites is 2. The van der Waals surface area contributed by atoms with Crippen molar-refractivity contribution in [3.05, 3.63) is 59.7 Å². The van der Waals surface area contributed by atoms with Crippen LogP contribution in [0.15, 0.2) is 42.5 Å². The molecule has 2 aromatic carbocycles. The van der Waals surface area contributed by atoms with Gasteiger partial charge in [0.2, 0.25) is 5.91 Å². The molecule has 0 radical (unpaired) electrons. The fourth-order valence-corrected chi connectivity index (χ4v) is 3.62. The third-order valence-electron chi connectivity index (χ3n) is 5.25. The molecule has 0 aliphatic carbocycles. The maximum atomic E-state index is 13.4. The normalized spacial score (nSPS) is 16.1. The highest BCUT2D eigenvalue weighted by Crippen LogP contribution is 2.23. The first-order valence-corrected chi connectivity index (χ1v) is 10.5. The summed E-state index contributed by atoms with van der Waals surface area (Å²) < 4.78 is 32.1. The second kappa shape index (κ2) is 11.2. The van der Waals surface area contributed by atoms with Crippen LogP contribution in [0.2, 0.25) is 0 Å². The number of carbonyl (C=O) groups excluding carboxylic acids is 1. The fraction of sp³-hybridized carbons (Fsp3) is 0.435. The van der Waals surface area contributed by atoms with E-state index in [4.69, 9.17) is 4.74 Å². The van der Waals surface area contributed by atoms with Crippen LogP contribution in [0.25, 0.3) is 0 Å². The number of hydrogen-bond acceptors (Lipinski definition) is 5. The number of carbonyl (C=O) groups is 1. The zero-order valence-corrected chi connectivity index (χ0v) is 17.6. The average Bonchev–Trinajstić information content (AvgIpc) is 2.75. The number of nitrogens with one attached hydrogen (secondary N) is 2. The van der Waals surface area contributed by atoms with Gasteiger partial charge < -0.3 is 20.5 Å². The summed E-state index contributed by atoms with van der Waals surface area (Å²) in [6.07, 6.45) is 1.12. The Bertz CT molecular complexity index is 873. The summed E-state index contributed by atoms with van der Waals surface area (Å²) in [4.78, 5) is 13.5. The molecule has 6 nitrogen and oxygen atoms in total. The van der Waals surface area contributed by atoms with Crippen LogP contribution in [0.5, 0.6) is 5.75 Å². The van der Waals surface area contributed by atoms with E-state index < -0.39 is 17.7 Å². The van der Waals surface area contributed by atoms with Gasteiger partial charge in [-0.1, -0.05) is 18.2 Å². The van der Waals surface area contributed by atoms with Gasteiger partial charge in [0, 0.05) is 26.1 Å². The minimum Gasteiger partial charge on any atom is -0.489 e. The zero-order valence-electron chi connectivity index (χ0n) is 17.6. The molecule has 1 aliphatic heterocycles. The van der Waals surface area contributed by atoms with Gasteiger partial charge in [-0.25, -0.2) is 8.78 Å².